The van der Waals surface area contributed by atoms with Gasteiger partial charge in [0.05, 0.1) is 32.5 Å². The first-order valence-electron chi connectivity index (χ1n) is 5.90. The molecule has 0 bridgehead atoms. The van der Waals surface area contributed by atoms with Crippen molar-refractivity contribution in [1.82, 2.24) is 10.2 Å². The molecule has 6 nitrogen and oxygen atoms in total. The Labute approximate surface area is 100 Å². The highest BCUT2D eigenvalue weighted by Gasteiger charge is 2.37. The van der Waals surface area contributed by atoms with E-state index in [1.165, 1.54) is 0 Å². The van der Waals surface area contributed by atoms with Gasteiger partial charge in [0.25, 0.3) is 0 Å². The molecule has 0 aliphatic carbocycles. The molecule has 2 saturated heterocycles. The molecule has 2 aliphatic heterocycles. The third kappa shape index (κ3) is 2.58. The second-order valence-corrected chi connectivity index (χ2v) is 4.46. The monoisotopic (exact) mass is 242 g/mol. The van der Waals surface area contributed by atoms with Crippen molar-refractivity contribution < 1.29 is 19.1 Å². The molecule has 2 rings (SSSR count). The van der Waals surface area contributed by atoms with Gasteiger partial charge in [0.2, 0.25) is 11.8 Å². The Hall–Kier alpha value is -1.14. The van der Waals surface area contributed by atoms with Crippen LogP contribution in [0.5, 0.6) is 0 Å². The molecule has 0 aromatic rings. The van der Waals surface area contributed by atoms with Crippen LogP contribution in [0.2, 0.25) is 0 Å². The standard InChI is InChI=1S/C11H18N2O4/c1-7-11(15)13(8(2)10(14)12-7)5-9-6-16-3-4-17-9/h7-9H,3-6H2,1-2H3,(H,12,14). The van der Waals surface area contributed by atoms with E-state index in [2.05, 4.69) is 5.32 Å². The van der Waals surface area contributed by atoms with Gasteiger partial charge >= 0.3 is 0 Å². The van der Waals surface area contributed by atoms with Crippen molar-refractivity contribution in [2.75, 3.05) is 26.4 Å². The lowest BCUT2D eigenvalue weighted by atomic mass is 10.1. The van der Waals surface area contributed by atoms with Gasteiger partial charge in [-0.15, -0.1) is 0 Å². The maximum Gasteiger partial charge on any atom is 0.245 e. The molecule has 0 spiro atoms. The highest BCUT2D eigenvalue weighted by atomic mass is 16.6. The average Bonchev–Trinajstić information content (AvgIpc) is 2.33. The van der Waals surface area contributed by atoms with E-state index in [9.17, 15) is 9.59 Å². The summed E-state index contributed by atoms with van der Waals surface area (Å²) in [6.07, 6.45) is -0.131. The normalized spacial score (nSPS) is 34.7. The van der Waals surface area contributed by atoms with Gasteiger partial charge in [-0.3, -0.25) is 9.59 Å². The molecule has 2 heterocycles. The lowest BCUT2D eigenvalue weighted by molar-refractivity contribution is -0.154. The molecule has 0 saturated carbocycles. The van der Waals surface area contributed by atoms with Crippen LogP contribution in [0.1, 0.15) is 13.8 Å². The van der Waals surface area contributed by atoms with Crippen LogP contribution in [0.15, 0.2) is 0 Å². The molecule has 2 fully saturated rings. The number of carbonyl (C=O) groups is 2. The van der Waals surface area contributed by atoms with Crippen LogP contribution in [0.4, 0.5) is 0 Å². The maximum absolute atomic E-state index is 12.0. The zero-order valence-electron chi connectivity index (χ0n) is 10.1. The molecule has 2 amide bonds. The molecule has 3 atom stereocenters. The fourth-order valence-electron chi connectivity index (χ4n) is 2.09. The number of nitrogens with zero attached hydrogens (tertiary/aromatic N) is 1. The Morgan fingerprint density at radius 2 is 2.12 bits per heavy atom. The predicted molar refractivity (Wildman–Crippen MR) is 59.3 cm³/mol. The van der Waals surface area contributed by atoms with Gasteiger partial charge in [0, 0.05) is 0 Å². The summed E-state index contributed by atoms with van der Waals surface area (Å²) in [5.41, 5.74) is 0. The van der Waals surface area contributed by atoms with Gasteiger partial charge < -0.3 is 19.7 Å². The lowest BCUT2D eigenvalue weighted by Gasteiger charge is -2.38. The van der Waals surface area contributed by atoms with Crippen molar-refractivity contribution in [1.29, 1.82) is 0 Å². The molecule has 6 heteroatoms. The minimum atomic E-state index is -0.455. The fourth-order valence-corrected chi connectivity index (χ4v) is 2.09. The van der Waals surface area contributed by atoms with Gasteiger partial charge in [-0.1, -0.05) is 0 Å². The molecular weight excluding hydrogens is 224 g/mol. The molecular formula is C11H18N2O4. The molecule has 0 aromatic carbocycles. The number of hydrogen-bond acceptors (Lipinski definition) is 4. The van der Waals surface area contributed by atoms with E-state index in [0.29, 0.717) is 26.4 Å². The number of rotatable bonds is 2. The van der Waals surface area contributed by atoms with Gasteiger partial charge in [-0.2, -0.15) is 0 Å². The van der Waals surface area contributed by atoms with E-state index >= 15 is 0 Å². The molecule has 3 unspecified atom stereocenters. The Balaban J connectivity index is 2.00. The van der Waals surface area contributed by atoms with E-state index in [0.717, 1.165) is 0 Å². The van der Waals surface area contributed by atoms with Gasteiger partial charge in [-0.05, 0) is 13.8 Å². The van der Waals surface area contributed by atoms with E-state index in [1.54, 1.807) is 18.7 Å². The molecule has 1 N–H and O–H groups in total. The van der Waals surface area contributed by atoms with E-state index < -0.39 is 12.1 Å². The van der Waals surface area contributed by atoms with Crippen LogP contribution >= 0.6 is 0 Å². The summed E-state index contributed by atoms with van der Waals surface area (Å²) in [7, 11) is 0. The number of hydrogen-bond donors (Lipinski definition) is 1. The number of carbonyl (C=O) groups excluding carboxylic acids is 2. The minimum absolute atomic E-state index is 0.0636. The van der Waals surface area contributed by atoms with Crippen LogP contribution in [0.3, 0.4) is 0 Å². The second kappa shape index (κ2) is 5.01. The van der Waals surface area contributed by atoms with Gasteiger partial charge in [0.15, 0.2) is 0 Å². The Morgan fingerprint density at radius 1 is 1.35 bits per heavy atom. The van der Waals surface area contributed by atoms with Crippen molar-refractivity contribution in [3.8, 4) is 0 Å². The molecule has 0 aromatic heterocycles. The van der Waals surface area contributed by atoms with Crippen molar-refractivity contribution >= 4 is 11.8 Å². The smallest absolute Gasteiger partial charge is 0.245 e. The summed E-state index contributed by atoms with van der Waals surface area (Å²) >= 11 is 0. The summed E-state index contributed by atoms with van der Waals surface area (Å²) in [5, 5.41) is 2.64. The summed E-state index contributed by atoms with van der Waals surface area (Å²) in [5.74, 6) is -0.180. The van der Waals surface area contributed by atoms with Crippen LogP contribution < -0.4 is 5.32 Å². The topological polar surface area (TPSA) is 67.9 Å². The summed E-state index contributed by atoms with van der Waals surface area (Å²) in [4.78, 5) is 25.2. The van der Waals surface area contributed by atoms with E-state index in [4.69, 9.17) is 9.47 Å². The third-order valence-electron chi connectivity index (χ3n) is 3.14. The number of nitrogens with one attached hydrogen (secondary N) is 1. The Bertz CT molecular complexity index is 315. The van der Waals surface area contributed by atoms with E-state index in [1.807, 2.05) is 0 Å². The molecule has 96 valence electrons. The van der Waals surface area contributed by atoms with Crippen molar-refractivity contribution in [3.63, 3.8) is 0 Å². The first-order valence-corrected chi connectivity index (χ1v) is 5.90. The largest absolute Gasteiger partial charge is 0.376 e. The van der Waals surface area contributed by atoms with Crippen LogP contribution in [-0.4, -0.2) is 61.3 Å². The minimum Gasteiger partial charge on any atom is -0.376 e. The molecule has 17 heavy (non-hydrogen) atoms. The predicted octanol–water partition coefficient (Wildman–Crippen LogP) is -0.863. The zero-order chi connectivity index (χ0) is 12.4. The van der Waals surface area contributed by atoms with Gasteiger partial charge in [-0.25, -0.2) is 0 Å². The van der Waals surface area contributed by atoms with Crippen molar-refractivity contribution in [2.45, 2.75) is 32.0 Å². The quantitative estimate of drug-likeness (QED) is 0.684. The number of piperazine rings is 1. The average molecular weight is 242 g/mol. The fraction of sp³-hybridized carbons (Fsp3) is 0.818. The van der Waals surface area contributed by atoms with Gasteiger partial charge in [0.1, 0.15) is 12.1 Å². The molecule has 0 radical (unpaired) electrons. The number of ether oxygens (including phenoxy) is 2. The Kier molecular flexibility index (Phi) is 3.63. The summed E-state index contributed by atoms with van der Waals surface area (Å²) in [6, 6.07) is -0.896. The SMILES string of the molecule is CC1NC(=O)C(C)N(CC2COCCO2)C1=O. The lowest BCUT2D eigenvalue weighted by Crippen LogP contribution is -2.63. The highest BCUT2D eigenvalue weighted by molar-refractivity contribution is 5.96. The van der Waals surface area contributed by atoms with Crippen LogP contribution in [0, 0.1) is 0 Å². The third-order valence-corrected chi connectivity index (χ3v) is 3.14. The molecule has 2 aliphatic rings. The van der Waals surface area contributed by atoms with Crippen molar-refractivity contribution in [3.05, 3.63) is 0 Å². The van der Waals surface area contributed by atoms with Crippen molar-refractivity contribution in [2.24, 2.45) is 0 Å². The number of amides is 2. The summed E-state index contributed by atoms with van der Waals surface area (Å²) < 4.78 is 10.8. The van der Waals surface area contributed by atoms with Crippen LogP contribution in [-0.2, 0) is 19.1 Å². The summed E-state index contributed by atoms with van der Waals surface area (Å²) in [6.45, 7) is 5.45. The Morgan fingerprint density at radius 3 is 2.76 bits per heavy atom. The van der Waals surface area contributed by atoms with Crippen LogP contribution in [0.25, 0.3) is 0 Å². The maximum atomic E-state index is 12.0. The first-order chi connectivity index (χ1) is 8.09. The second-order valence-electron chi connectivity index (χ2n) is 4.46. The van der Waals surface area contributed by atoms with E-state index in [-0.39, 0.29) is 17.9 Å². The highest BCUT2D eigenvalue weighted by Crippen LogP contribution is 2.12. The zero-order valence-corrected chi connectivity index (χ0v) is 10.1. The first kappa shape index (κ1) is 12.3.